The summed E-state index contributed by atoms with van der Waals surface area (Å²) in [5.74, 6) is -0.539. The molecule has 0 amide bonds. The summed E-state index contributed by atoms with van der Waals surface area (Å²) in [5.41, 5.74) is 1.27. The molecule has 0 aromatic heterocycles. The second-order valence-electron chi connectivity index (χ2n) is 4.53. The van der Waals surface area contributed by atoms with E-state index < -0.39 is 0 Å². The van der Waals surface area contributed by atoms with Gasteiger partial charge < -0.3 is 4.74 Å². The van der Waals surface area contributed by atoms with Crippen LogP contribution in [-0.4, -0.2) is 11.9 Å². The molecule has 1 saturated carbocycles. The summed E-state index contributed by atoms with van der Waals surface area (Å²) in [4.78, 5) is 22.9. The van der Waals surface area contributed by atoms with Crippen LogP contribution in [0.4, 0.5) is 0 Å². The second-order valence-corrected chi connectivity index (χ2v) is 4.53. The van der Waals surface area contributed by atoms with Crippen molar-refractivity contribution >= 4 is 11.9 Å². The van der Waals surface area contributed by atoms with Crippen LogP contribution in [-0.2, 0) is 14.3 Å². The molecule has 4 atom stereocenters. The number of esters is 2. The van der Waals surface area contributed by atoms with Crippen molar-refractivity contribution in [1.29, 1.82) is 0 Å². The average molecular weight is 204 g/mol. The monoisotopic (exact) mass is 204 g/mol. The molecular weight excluding hydrogens is 192 g/mol. The van der Waals surface area contributed by atoms with Crippen LogP contribution in [0.2, 0.25) is 0 Å². The Bertz CT molecular complexity index is 394. The molecule has 1 heterocycles. The molecule has 3 heteroatoms. The van der Waals surface area contributed by atoms with E-state index in [0.29, 0.717) is 0 Å². The summed E-state index contributed by atoms with van der Waals surface area (Å²) >= 11 is 0. The molecule has 15 heavy (non-hydrogen) atoms. The summed E-state index contributed by atoms with van der Waals surface area (Å²) in [6.07, 6.45) is 5.77. The van der Waals surface area contributed by atoms with E-state index in [4.69, 9.17) is 4.74 Å². The zero-order valence-corrected chi connectivity index (χ0v) is 8.31. The third-order valence-corrected chi connectivity index (χ3v) is 3.84. The van der Waals surface area contributed by atoms with Gasteiger partial charge in [0.15, 0.2) is 0 Å². The quantitative estimate of drug-likeness (QED) is 0.388. The summed E-state index contributed by atoms with van der Waals surface area (Å²) in [6.45, 7) is 3.70. The Morgan fingerprint density at radius 3 is 2.87 bits per heavy atom. The van der Waals surface area contributed by atoms with Crippen LogP contribution in [0, 0.1) is 23.7 Å². The highest BCUT2D eigenvalue weighted by Crippen LogP contribution is 2.55. The average Bonchev–Trinajstić information content (AvgIpc) is 2.80. The normalized spacial score (nSPS) is 41.5. The predicted octanol–water partition coefficient (Wildman–Crippen LogP) is 1.45. The van der Waals surface area contributed by atoms with Crippen LogP contribution < -0.4 is 0 Å². The zero-order chi connectivity index (χ0) is 10.6. The lowest BCUT2D eigenvalue weighted by molar-refractivity contribution is -0.154. The fourth-order valence-corrected chi connectivity index (χ4v) is 3.31. The number of ether oxygens (including phenoxy) is 1. The van der Waals surface area contributed by atoms with Gasteiger partial charge in [-0.25, -0.2) is 0 Å². The van der Waals surface area contributed by atoms with Gasteiger partial charge in [-0.15, -0.1) is 6.58 Å². The first kappa shape index (κ1) is 8.89. The Morgan fingerprint density at radius 1 is 1.40 bits per heavy atom. The highest BCUT2D eigenvalue weighted by Gasteiger charge is 2.59. The van der Waals surface area contributed by atoms with E-state index in [0.717, 1.165) is 12.8 Å². The molecule has 78 valence electrons. The second kappa shape index (κ2) is 2.81. The van der Waals surface area contributed by atoms with Crippen LogP contribution in [0.5, 0.6) is 0 Å². The van der Waals surface area contributed by atoms with E-state index in [1.165, 1.54) is 5.57 Å². The minimum atomic E-state index is -0.314. The van der Waals surface area contributed by atoms with Crippen molar-refractivity contribution in [2.75, 3.05) is 0 Å². The lowest BCUT2D eigenvalue weighted by Gasteiger charge is -2.19. The van der Waals surface area contributed by atoms with E-state index in [-0.39, 0.29) is 35.6 Å². The molecule has 3 aliphatic rings. The lowest BCUT2D eigenvalue weighted by Crippen LogP contribution is -2.24. The molecule has 0 unspecified atom stereocenters. The van der Waals surface area contributed by atoms with E-state index in [1.54, 1.807) is 0 Å². The summed E-state index contributed by atoms with van der Waals surface area (Å²) in [5, 5.41) is 0. The number of carbonyl (C=O) groups is 2. The van der Waals surface area contributed by atoms with Crippen molar-refractivity contribution in [3.8, 4) is 0 Å². The number of hydrogen-bond acceptors (Lipinski definition) is 3. The molecule has 3 rings (SSSR count). The van der Waals surface area contributed by atoms with Gasteiger partial charge in [-0.1, -0.05) is 17.7 Å². The molecule has 2 aliphatic carbocycles. The van der Waals surface area contributed by atoms with Crippen LogP contribution in [0.3, 0.4) is 0 Å². The van der Waals surface area contributed by atoms with Gasteiger partial charge in [-0.2, -0.15) is 0 Å². The van der Waals surface area contributed by atoms with Crippen molar-refractivity contribution in [2.45, 2.75) is 12.8 Å². The van der Waals surface area contributed by atoms with Gasteiger partial charge in [0.2, 0.25) is 0 Å². The van der Waals surface area contributed by atoms with E-state index in [9.17, 15) is 9.59 Å². The van der Waals surface area contributed by atoms with Gasteiger partial charge >= 0.3 is 11.9 Å². The Labute approximate surface area is 87.8 Å². The van der Waals surface area contributed by atoms with Gasteiger partial charge in [0, 0.05) is 0 Å². The largest absolute Gasteiger partial charge is 0.393 e. The van der Waals surface area contributed by atoms with Gasteiger partial charge in [0.05, 0.1) is 11.8 Å². The van der Waals surface area contributed by atoms with Crippen LogP contribution >= 0.6 is 0 Å². The summed E-state index contributed by atoms with van der Waals surface area (Å²) in [6, 6.07) is 0. The molecular formula is C12H12O3. The number of fused-ring (bicyclic) bond motifs is 5. The molecule has 0 aromatic rings. The fraction of sp³-hybridized carbons (Fsp3) is 0.500. The number of rotatable bonds is 2. The van der Waals surface area contributed by atoms with E-state index in [2.05, 4.69) is 12.7 Å². The maximum atomic E-state index is 11.5. The van der Waals surface area contributed by atoms with E-state index >= 15 is 0 Å². The molecule has 3 nitrogen and oxygen atoms in total. The summed E-state index contributed by atoms with van der Waals surface area (Å²) < 4.78 is 4.70. The third-order valence-electron chi connectivity index (χ3n) is 3.84. The molecule has 1 saturated heterocycles. The van der Waals surface area contributed by atoms with Crippen molar-refractivity contribution in [2.24, 2.45) is 23.7 Å². The van der Waals surface area contributed by atoms with E-state index in [1.807, 2.05) is 6.08 Å². The van der Waals surface area contributed by atoms with Crippen molar-refractivity contribution in [3.05, 3.63) is 24.3 Å². The smallest absolute Gasteiger partial charge is 0.318 e. The fourth-order valence-electron chi connectivity index (χ4n) is 3.31. The maximum absolute atomic E-state index is 11.5. The van der Waals surface area contributed by atoms with Gasteiger partial charge in [0.25, 0.3) is 0 Å². The van der Waals surface area contributed by atoms with Crippen LogP contribution in [0.15, 0.2) is 24.3 Å². The molecule has 0 aromatic carbocycles. The Kier molecular flexibility index (Phi) is 1.67. The Morgan fingerprint density at radius 2 is 2.13 bits per heavy atom. The number of cyclic esters (lactones) is 2. The van der Waals surface area contributed by atoms with Gasteiger partial charge in [0.1, 0.15) is 0 Å². The molecule has 0 N–H and O–H groups in total. The first-order chi connectivity index (χ1) is 7.22. The number of allylic oxidation sites excluding steroid dienone is 3. The number of carbonyl (C=O) groups excluding carboxylic acids is 2. The van der Waals surface area contributed by atoms with Crippen LogP contribution in [0.25, 0.3) is 0 Å². The Hall–Kier alpha value is -1.38. The third kappa shape index (κ3) is 1.01. The van der Waals surface area contributed by atoms with Crippen molar-refractivity contribution in [1.82, 2.24) is 0 Å². The minimum absolute atomic E-state index is 0.184. The molecule has 0 spiro atoms. The predicted molar refractivity (Wildman–Crippen MR) is 52.6 cm³/mol. The topological polar surface area (TPSA) is 43.4 Å². The molecule has 0 radical (unpaired) electrons. The number of hydrogen-bond donors (Lipinski definition) is 0. The van der Waals surface area contributed by atoms with Crippen molar-refractivity contribution < 1.29 is 14.3 Å². The molecule has 1 aliphatic heterocycles. The van der Waals surface area contributed by atoms with Crippen molar-refractivity contribution in [3.63, 3.8) is 0 Å². The van der Waals surface area contributed by atoms with Gasteiger partial charge in [-0.05, 0) is 24.7 Å². The molecule has 2 bridgehead atoms. The molecule has 2 fully saturated rings. The SMILES string of the molecule is C=CCC1=C[C@H]2C[C@H]1[C@@H]1C(=O)OC(=O)[C@H]12. The zero-order valence-electron chi connectivity index (χ0n) is 8.31. The highest BCUT2D eigenvalue weighted by molar-refractivity contribution is 5.98. The first-order valence-electron chi connectivity index (χ1n) is 5.29. The Balaban J connectivity index is 1.96. The van der Waals surface area contributed by atoms with Crippen LogP contribution in [0.1, 0.15) is 12.8 Å². The summed E-state index contributed by atoms with van der Waals surface area (Å²) in [7, 11) is 0. The lowest BCUT2D eigenvalue weighted by atomic mass is 9.80. The highest BCUT2D eigenvalue weighted by atomic mass is 16.6. The van der Waals surface area contributed by atoms with Gasteiger partial charge in [-0.3, -0.25) is 9.59 Å². The minimum Gasteiger partial charge on any atom is -0.393 e. The maximum Gasteiger partial charge on any atom is 0.318 e. The first-order valence-corrected chi connectivity index (χ1v) is 5.29. The standard InChI is InChI=1S/C12H12O3/c1-2-3-6-4-7-5-8(6)10-9(7)11(13)15-12(10)14/h2,4,7-10H,1,3,5H2/t7-,8+,9-,10-/m0/s1.